The molecular weight excluding hydrogens is 413 g/mol. The van der Waals surface area contributed by atoms with Gasteiger partial charge in [0.1, 0.15) is 11.5 Å². The second-order valence-electron chi connectivity index (χ2n) is 6.26. The first-order valence-electron chi connectivity index (χ1n) is 8.28. The first kappa shape index (κ1) is 20.8. The van der Waals surface area contributed by atoms with Crippen molar-refractivity contribution in [3.05, 3.63) is 47.5 Å². The molecule has 0 saturated heterocycles. The van der Waals surface area contributed by atoms with Gasteiger partial charge in [-0.05, 0) is 35.4 Å². The molecule has 2 aromatic rings. The molecule has 0 aliphatic carbocycles. The number of methoxy groups -OCH3 is 2. The van der Waals surface area contributed by atoms with Crippen LogP contribution in [0.15, 0.2) is 41.3 Å². The molecular formula is C18H17F3N2O5S. The fourth-order valence-corrected chi connectivity index (χ4v) is 4.07. The van der Waals surface area contributed by atoms with Gasteiger partial charge in [-0.3, -0.25) is 9.52 Å². The van der Waals surface area contributed by atoms with Gasteiger partial charge in [0.05, 0.1) is 24.8 Å². The van der Waals surface area contributed by atoms with Crippen LogP contribution in [-0.2, 0) is 27.9 Å². The highest BCUT2D eigenvalue weighted by molar-refractivity contribution is 7.92. The summed E-state index contributed by atoms with van der Waals surface area (Å²) < 4.78 is 76.0. The highest BCUT2D eigenvalue weighted by Crippen LogP contribution is 2.33. The number of hydrogen-bond donors (Lipinski definition) is 1. The number of sulfonamides is 1. The number of nitrogens with one attached hydrogen (secondary N) is 1. The maximum atomic E-state index is 12.7. The van der Waals surface area contributed by atoms with Crippen LogP contribution < -0.4 is 14.2 Å². The Morgan fingerprint density at radius 3 is 2.34 bits per heavy atom. The van der Waals surface area contributed by atoms with E-state index >= 15 is 0 Å². The number of amides is 1. The summed E-state index contributed by atoms with van der Waals surface area (Å²) in [5, 5.41) is 0. The van der Waals surface area contributed by atoms with Crippen LogP contribution in [0.1, 0.15) is 11.1 Å². The van der Waals surface area contributed by atoms with E-state index in [1.165, 1.54) is 44.6 Å². The van der Waals surface area contributed by atoms with Gasteiger partial charge in [0.15, 0.2) is 0 Å². The third-order valence-electron chi connectivity index (χ3n) is 4.39. The Balaban J connectivity index is 1.85. The van der Waals surface area contributed by atoms with E-state index in [1.54, 1.807) is 6.07 Å². The molecule has 1 aliphatic heterocycles. The molecule has 0 radical (unpaired) electrons. The van der Waals surface area contributed by atoms with Crippen LogP contribution in [0, 0.1) is 0 Å². The van der Waals surface area contributed by atoms with Crippen molar-refractivity contribution >= 4 is 21.6 Å². The molecule has 1 aliphatic rings. The Bertz CT molecular complexity index is 1050. The number of hydrogen-bond acceptors (Lipinski definition) is 5. The van der Waals surface area contributed by atoms with Crippen molar-refractivity contribution in [2.24, 2.45) is 0 Å². The van der Waals surface area contributed by atoms with Gasteiger partial charge in [-0.1, -0.05) is 6.07 Å². The standard InChI is InChI=1S/C18H17F3N2O5S/c1-27-13-4-6-15(16(8-13)28-2)22-29(25,26)14-5-3-11-9-23(10-12(11)7-14)17(24)18(19,20)21/h3-8,22H,9-10H2,1-2H3. The average molecular weight is 430 g/mol. The maximum absolute atomic E-state index is 12.7. The molecule has 2 aromatic carbocycles. The van der Waals surface area contributed by atoms with E-state index < -0.39 is 22.1 Å². The lowest BCUT2D eigenvalue weighted by molar-refractivity contribution is -0.186. The predicted octanol–water partition coefficient (Wildman–Crippen LogP) is 2.91. The van der Waals surface area contributed by atoms with E-state index in [0.29, 0.717) is 21.8 Å². The third kappa shape index (κ3) is 4.24. The SMILES string of the molecule is COc1ccc(NS(=O)(=O)c2ccc3c(c2)CN(C(=O)C(F)(F)F)C3)c(OC)c1. The van der Waals surface area contributed by atoms with Gasteiger partial charge in [-0.25, -0.2) is 8.42 Å². The number of carbonyl (C=O) groups is 1. The summed E-state index contributed by atoms with van der Waals surface area (Å²) in [6.45, 7) is -0.545. The van der Waals surface area contributed by atoms with Gasteiger partial charge < -0.3 is 14.4 Å². The van der Waals surface area contributed by atoms with Crippen molar-refractivity contribution in [2.45, 2.75) is 24.2 Å². The molecule has 7 nitrogen and oxygen atoms in total. The van der Waals surface area contributed by atoms with E-state index in [-0.39, 0.29) is 29.4 Å². The van der Waals surface area contributed by atoms with Crippen molar-refractivity contribution in [3.8, 4) is 11.5 Å². The molecule has 0 atom stereocenters. The number of fused-ring (bicyclic) bond motifs is 1. The monoisotopic (exact) mass is 430 g/mol. The Labute approximate surface area is 165 Å². The van der Waals surface area contributed by atoms with Gasteiger partial charge in [0.2, 0.25) is 0 Å². The largest absolute Gasteiger partial charge is 0.497 e. The number of ether oxygens (including phenoxy) is 2. The summed E-state index contributed by atoms with van der Waals surface area (Å²) >= 11 is 0. The topological polar surface area (TPSA) is 84.9 Å². The van der Waals surface area contributed by atoms with Gasteiger partial charge in [-0.2, -0.15) is 13.2 Å². The molecule has 156 valence electrons. The lowest BCUT2D eigenvalue weighted by Crippen LogP contribution is -2.37. The van der Waals surface area contributed by atoms with Gasteiger partial charge in [0, 0.05) is 19.2 Å². The summed E-state index contributed by atoms with van der Waals surface area (Å²) in [7, 11) is -1.23. The molecule has 11 heteroatoms. The lowest BCUT2D eigenvalue weighted by Gasteiger charge is -2.16. The molecule has 0 aromatic heterocycles. The number of carbonyl (C=O) groups excluding carboxylic acids is 1. The second kappa shape index (κ2) is 7.47. The minimum absolute atomic E-state index is 0.143. The summed E-state index contributed by atoms with van der Waals surface area (Å²) in [4.78, 5) is 11.9. The maximum Gasteiger partial charge on any atom is 0.471 e. The normalized spacial score (nSPS) is 13.8. The van der Waals surface area contributed by atoms with Crippen LogP contribution in [0.5, 0.6) is 11.5 Å². The highest BCUT2D eigenvalue weighted by Gasteiger charge is 2.44. The van der Waals surface area contributed by atoms with Crippen molar-refractivity contribution < 1.29 is 35.9 Å². The third-order valence-corrected chi connectivity index (χ3v) is 5.76. The van der Waals surface area contributed by atoms with Crippen molar-refractivity contribution in [3.63, 3.8) is 0 Å². The molecule has 0 bridgehead atoms. The Morgan fingerprint density at radius 2 is 1.72 bits per heavy atom. The molecule has 0 fully saturated rings. The van der Waals surface area contributed by atoms with E-state index in [9.17, 15) is 26.4 Å². The molecule has 1 amide bonds. The average Bonchev–Trinajstić information content (AvgIpc) is 3.09. The predicted molar refractivity (Wildman–Crippen MR) is 97.1 cm³/mol. The van der Waals surface area contributed by atoms with Crippen LogP contribution >= 0.6 is 0 Å². The summed E-state index contributed by atoms with van der Waals surface area (Å²) in [5.74, 6) is -1.26. The van der Waals surface area contributed by atoms with Crippen LogP contribution in [0.3, 0.4) is 0 Å². The smallest absolute Gasteiger partial charge is 0.471 e. The van der Waals surface area contributed by atoms with Crippen LogP contribution in [-0.4, -0.2) is 39.6 Å². The fraction of sp³-hybridized carbons (Fsp3) is 0.278. The molecule has 0 saturated carbocycles. The van der Waals surface area contributed by atoms with Crippen LogP contribution in [0.4, 0.5) is 18.9 Å². The Kier molecular flexibility index (Phi) is 5.35. The Morgan fingerprint density at radius 1 is 1.03 bits per heavy atom. The summed E-state index contributed by atoms with van der Waals surface area (Å²) in [6.07, 6.45) is -4.98. The number of benzene rings is 2. The number of rotatable bonds is 5. The zero-order valence-electron chi connectivity index (χ0n) is 15.4. The number of halogens is 3. The van der Waals surface area contributed by atoms with Crippen molar-refractivity contribution in [2.75, 3.05) is 18.9 Å². The van der Waals surface area contributed by atoms with E-state index in [0.717, 1.165) is 0 Å². The molecule has 0 unspecified atom stereocenters. The van der Waals surface area contributed by atoms with Crippen molar-refractivity contribution in [1.82, 2.24) is 4.90 Å². The number of anilines is 1. The Hall–Kier alpha value is -2.95. The lowest BCUT2D eigenvalue weighted by atomic mass is 10.1. The molecule has 0 spiro atoms. The number of alkyl halides is 3. The first-order chi connectivity index (χ1) is 13.5. The second-order valence-corrected chi connectivity index (χ2v) is 7.94. The minimum Gasteiger partial charge on any atom is -0.497 e. The van der Waals surface area contributed by atoms with Crippen LogP contribution in [0.2, 0.25) is 0 Å². The van der Waals surface area contributed by atoms with E-state index in [1.807, 2.05) is 0 Å². The van der Waals surface area contributed by atoms with Gasteiger partial charge in [-0.15, -0.1) is 0 Å². The van der Waals surface area contributed by atoms with E-state index in [4.69, 9.17) is 9.47 Å². The minimum atomic E-state index is -4.98. The zero-order chi connectivity index (χ0) is 21.4. The van der Waals surface area contributed by atoms with Crippen molar-refractivity contribution in [1.29, 1.82) is 0 Å². The fourth-order valence-electron chi connectivity index (χ4n) is 2.95. The van der Waals surface area contributed by atoms with Gasteiger partial charge >= 0.3 is 12.1 Å². The number of nitrogens with zero attached hydrogens (tertiary/aromatic N) is 1. The van der Waals surface area contributed by atoms with Gasteiger partial charge in [0.25, 0.3) is 10.0 Å². The highest BCUT2D eigenvalue weighted by atomic mass is 32.2. The first-order valence-corrected chi connectivity index (χ1v) is 9.76. The molecule has 3 rings (SSSR count). The van der Waals surface area contributed by atoms with Crippen LogP contribution in [0.25, 0.3) is 0 Å². The molecule has 1 N–H and O–H groups in total. The zero-order valence-corrected chi connectivity index (χ0v) is 16.2. The summed E-state index contributed by atoms with van der Waals surface area (Å²) in [6, 6.07) is 8.45. The summed E-state index contributed by atoms with van der Waals surface area (Å²) in [5.41, 5.74) is 0.971. The van der Waals surface area contributed by atoms with E-state index in [2.05, 4.69) is 4.72 Å². The molecule has 1 heterocycles. The molecule has 29 heavy (non-hydrogen) atoms. The quantitative estimate of drug-likeness (QED) is 0.789.